The molecular weight excluding hydrogens is 295 g/mol. The van der Waals surface area contributed by atoms with Crippen molar-refractivity contribution < 1.29 is 4.74 Å². The number of ether oxygens (including phenoxy) is 1. The van der Waals surface area contributed by atoms with Crippen LogP contribution in [0.3, 0.4) is 0 Å². The summed E-state index contributed by atoms with van der Waals surface area (Å²) in [5.74, 6) is 1.03. The van der Waals surface area contributed by atoms with E-state index in [2.05, 4.69) is 25.8 Å². The van der Waals surface area contributed by atoms with Crippen LogP contribution in [-0.2, 0) is 13.0 Å². The molecule has 0 saturated heterocycles. The molecule has 1 aromatic rings. The molecule has 3 nitrogen and oxygen atoms in total. The fraction of sp³-hybridized carbons (Fsp3) is 0.600. The zero-order valence-corrected chi connectivity index (χ0v) is 14.0. The maximum Gasteiger partial charge on any atom is 0.127 e. The van der Waals surface area contributed by atoms with Crippen molar-refractivity contribution in [2.45, 2.75) is 26.8 Å². The average Bonchev–Trinajstić information content (AvgIpc) is 2.76. The lowest BCUT2D eigenvalue weighted by Gasteiger charge is -2.29. The molecule has 2 N–H and O–H groups in total. The van der Waals surface area contributed by atoms with Gasteiger partial charge in [-0.25, -0.2) is 0 Å². The zero-order valence-electron chi connectivity index (χ0n) is 12.4. The molecule has 0 unspecified atom stereocenters. The summed E-state index contributed by atoms with van der Waals surface area (Å²) in [4.78, 5) is 2.28. The fourth-order valence-electron chi connectivity index (χ4n) is 2.61. The first-order valence-electron chi connectivity index (χ1n) is 6.74. The Kier molecular flexibility index (Phi) is 6.14. The lowest BCUT2D eigenvalue weighted by Crippen LogP contribution is -2.36. The molecule has 0 aromatic heterocycles. The third kappa shape index (κ3) is 4.26. The predicted octanol–water partition coefficient (Wildman–Crippen LogP) is 3.11. The van der Waals surface area contributed by atoms with Crippen LogP contribution in [0.2, 0.25) is 5.02 Å². The summed E-state index contributed by atoms with van der Waals surface area (Å²) in [6.45, 7) is 7.60. The average molecular weight is 319 g/mol. The van der Waals surface area contributed by atoms with Gasteiger partial charge in [0.05, 0.1) is 6.61 Å². The van der Waals surface area contributed by atoms with E-state index >= 15 is 0 Å². The smallest absolute Gasteiger partial charge is 0.127 e. The molecule has 1 aliphatic heterocycles. The second-order valence-electron chi connectivity index (χ2n) is 6.19. The number of hydrogen-bond donors (Lipinski definition) is 1. The Bertz CT molecular complexity index is 463. The number of benzene rings is 1. The van der Waals surface area contributed by atoms with Gasteiger partial charge < -0.3 is 15.4 Å². The lowest BCUT2D eigenvalue weighted by atomic mass is 9.93. The molecule has 5 heteroatoms. The van der Waals surface area contributed by atoms with Gasteiger partial charge in [0.25, 0.3) is 0 Å². The molecule has 20 heavy (non-hydrogen) atoms. The van der Waals surface area contributed by atoms with Crippen LogP contribution in [0.25, 0.3) is 0 Å². The standard InChI is InChI=1S/C15H23ClN2O.ClH/c1-15(2,9-17)10-18(3)8-12-7-13(16)6-11-4-5-19-14(11)12;/h6-7H,4-5,8-10,17H2,1-3H3;1H. The van der Waals surface area contributed by atoms with Crippen molar-refractivity contribution >= 4 is 24.0 Å². The molecule has 1 aliphatic rings. The van der Waals surface area contributed by atoms with E-state index in [4.69, 9.17) is 22.1 Å². The minimum atomic E-state index is 0. The molecule has 0 bridgehead atoms. The van der Waals surface area contributed by atoms with Gasteiger partial charge in [0.1, 0.15) is 5.75 Å². The Balaban J connectivity index is 0.00000200. The van der Waals surface area contributed by atoms with Gasteiger partial charge in [0.15, 0.2) is 0 Å². The third-order valence-electron chi connectivity index (χ3n) is 3.52. The summed E-state index contributed by atoms with van der Waals surface area (Å²) >= 11 is 6.18. The van der Waals surface area contributed by atoms with Crippen LogP contribution in [0.4, 0.5) is 0 Å². The van der Waals surface area contributed by atoms with Crippen LogP contribution in [-0.4, -0.2) is 31.6 Å². The minimum absolute atomic E-state index is 0. The molecule has 0 radical (unpaired) electrons. The van der Waals surface area contributed by atoms with Gasteiger partial charge in [-0.1, -0.05) is 25.4 Å². The van der Waals surface area contributed by atoms with E-state index in [9.17, 15) is 0 Å². The van der Waals surface area contributed by atoms with Crippen molar-refractivity contribution in [3.05, 3.63) is 28.3 Å². The van der Waals surface area contributed by atoms with Gasteiger partial charge in [0.2, 0.25) is 0 Å². The second-order valence-corrected chi connectivity index (χ2v) is 6.63. The Labute approximate surface area is 132 Å². The van der Waals surface area contributed by atoms with Crippen molar-refractivity contribution in [1.29, 1.82) is 0 Å². The molecule has 0 fully saturated rings. The Morgan fingerprint density at radius 2 is 2.10 bits per heavy atom. The highest BCUT2D eigenvalue weighted by Gasteiger charge is 2.21. The summed E-state index contributed by atoms with van der Waals surface area (Å²) in [7, 11) is 2.11. The van der Waals surface area contributed by atoms with Crippen LogP contribution in [0, 0.1) is 5.41 Å². The van der Waals surface area contributed by atoms with Crippen molar-refractivity contribution in [2.75, 3.05) is 26.7 Å². The lowest BCUT2D eigenvalue weighted by molar-refractivity contribution is 0.207. The Morgan fingerprint density at radius 3 is 2.75 bits per heavy atom. The van der Waals surface area contributed by atoms with Crippen LogP contribution < -0.4 is 10.5 Å². The maximum absolute atomic E-state index is 6.18. The Hall–Kier alpha value is -0.480. The summed E-state index contributed by atoms with van der Waals surface area (Å²) in [6.07, 6.45) is 0.959. The normalized spacial score (nSPS) is 13.9. The zero-order chi connectivity index (χ0) is 14.0. The highest BCUT2D eigenvalue weighted by atomic mass is 35.5. The molecular formula is C15H24Cl2N2O. The number of nitrogens with two attached hydrogens (primary N) is 1. The SMILES string of the molecule is CN(Cc1cc(Cl)cc2c1OCC2)CC(C)(C)CN.Cl. The van der Waals surface area contributed by atoms with Gasteiger partial charge in [-0.3, -0.25) is 0 Å². The maximum atomic E-state index is 6.18. The van der Waals surface area contributed by atoms with Crippen molar-refractivity contribution in [1.82, 2.24) is 4.90 Å². The fourth-order valence-corrected chi connectivity index (χ4v) is 2.87. The van der Waals surface area contributed by atoms with E-state index in [0.717, 1.165) is 36.9 Å². The summed E-state index contributed by atoms with van der Waals surface area (Å²) < 4.78 is 5.73. The van der Waals surface area contributed by atoms with Crippen LogP contribution in [0.15, 0.2) is 12.1 Å². The Morgan fingerprint density at radius 1 is 1.40 bits per heavy atom. The van der Waals surface area contributed by atoms with E-state index in [-0.39, 0.29) is 17.8 Å². The highest BCUT2D eigenvalue weighted by Crippen LogP contribution is 2.33. The van der Waals surface area contributed by atoms with Crippen molar-refractivity contribution in [3.8, 4) is 5.75 Å². The van der Waals surface area contributed by atoms with Crippen LogP contribution in [0.5, 0.6) is 5.75 Å². The van der Waals surface area contributed by atoms with Crippen LogP contribution >= 0.6 is 24.0 Å². The monoisotopic (exact) mass is 318 g/mol. The molecule has 1 aromatic carbocycles. The number of nitrogens with zero attached hydrogens (tertiary/aromatic N) is 1. The largest absolute Gasteiger partial charge is 0.493 e. The van der Waals surface area contributed by atoms with Crippen molar-refractivity contribution in [2.24, 2.45) is 11.1 Å². The molecule has 0 spiro atoms. The number of hydrogen-bond acceptors (Lipinski definition) is 3. The number of fused-ring (bicyclic) bond motifs is 1. The van der Waals surface area contributed by atoms with Gasteiger partial charge in [-0.15, -0.1) is 12.4 Å². The molecule has 0 atom stereocenters. The second kappa shape index (κ2) is 6.99. The number of halogens is 2. The first-order chi connectivity index (χ1) is 8.91. The molecule has 0 aliphatic carbocycles. The van der Waals surface area contributed by atoms with Crippen molar-refractivity contribution in [3.63, 3.8) is 0 Å². The van der Waals surface area contributed by atoms with Gasteiger partial charge in [-0.05, 0) is 36.7 Å². The number of rotatable bonds is 5. The third-order valence-corrected chi connectivity index (χ3v) is 3.73. The first-order valence-corrected chi connectivity index (χ1v) is 7.12. The molecule has 114 valence electrons. The molecule has 0 saturated carbocycles. The molecule has 0 amide bonds. The predicted molar refractivity (Wildman–Crippen MR) is 87.1 cm³/mol. The topological polar surface area (TPSA) is 38.5 Å². The summed E-state index contributed by atoms with van der Waals surface area (Å²) in [6, 6.07) is 4.02. The van der Waals surface area contributed by atoms with E-state index in [1.807, 2.05) is 12.1 Å². The van der Waals surface area contributed by atoms with Gasteiger partial charge in [-0.2, -0.15) is 0 Å². The van der Waals surface area contributed by atoms with E-state index in [0.29, 0.717) is 6.54 Å². The minimum Gasteiger partial charge on any atom is -0.493 e. The summed E-state index contributed by atoms with van der Waals surface area (Å²) in [5, 5.41) is 0.797. The summed E-state index contributed by atoms with van der Waals surface area (Å²) in [5.41, 5.74) is 8.32. The van der Waals surface area contributed by atoms with Crippen LogP contribution in [0.1, 0.15) is 25.0 Å². The quantitative estimate of drug-likeness (QED) is 0.906. The van der Waals surface area contributed by atoms with Gasteiger partial charge in [0, 0.05) is 30.1 Å². The molecule has 1 heterocycles. The van der Waals surface area contributed by atoms with E-state index in [1.54, 1.807) is 0 Å². The highest BCUT2D eigenvalue weighted by molar-refractivity contribution is 6.30. The van der Waals surface area contributed by atoms with E-state index in [1.165, 1.54) is 11.1 Å². The van der Waals surface area contributed by atoms with Gasteiger partial charge >= 0.3 is 0 Å². The first kappa shape index (κ1) is 17.6. The van der Waals surface area contributed by atoms with E-state index < -0.39 is 0 Å². The molecule has 2 rings (SSSR count).